The van der Waals surface area contributed by atoms with Gasteiger partial charge in [0.15, 0.2) is 0 Å². The predicted octanol–water partition coefficient (Wildman–Crippen LogP) is -0.748. The van der Waals surface area contributed by atoms with Gasteiger partial charge in [0.25, 0.3) is 11.5 Å². The van der Waals surface area contributed by atoms with Gasteiger partial charge in [-0.1, -0.05) is 6.92 Å². The molecule has 0 saturated heterocycles. The van der Waals surface area contributed by atoms with Crippen molar-refractivity contribution in [1.82, 2.24) is 24.8 Å². The van der Waals surface area contributed by atoms with E-state index in [2.05, 4.69) is 20.3 Å². The van der Waals surface area contributed by atoms with Gasteiger partial charge in [-0.3, -0.25) is 14.2 Å². The molecule has 2 rings (SSSR count). The zero-order valence-corrected chi connectivity index (χ0v) is 11.0. The number of H-pyrrole nitrogens is 2. The molecule has 0 unspecified atom stereocenters. The minimum absolute atomic E-state index is 0.152. The fraction of sp³-hybridized carbons (Fsp3) is 0.333. The zero-order valence-electron chi connectivity index (χ0n) is 11.0. The van der Waals surface area contributed by atoms with Crippen LogP contribution in [0.1, 0.15) is 23.1 Å². The van der Waals surface area contributed by atoms with Crippen LogP contribution in [0.5, 0.6) is 0 Å². The van der Waals surface area contributed by atoms with E-state index in [-0.39, 0.29) is 17.8 Å². The van der Waals surface area contributed by atoms with Crippen molar-refractivity contribution in [2.75, 3.05) is 6.54 Å². The van der Waals surface area contributed by atoms with E-state index in [0.717, 1.165) is 5.69 Å². The number of amides is 1. The maximum absolute atomic E-state index is 11.7. The molecule has 3 N–H and O–H groups in total. The Morgan fingerprint density at radius 3 is 2.85 bits per heavy atom. The fourth-order valence-electron chi connectivity index (χ4n) is 1.66. The Labute approximate surface area is 113 Å². The van der Waals surface area contributed by atoms with Crippen molar-refractivity contribution in [3.63, 3.8) is 0 Å². The van der Waals surface area contributed by atoms with E-state index in [9.17, 15) is 14.4 Å². The Bertz CT molecular complexity index is 712. The summed E-state index contributed by atoms with van der Waals surface area (Å²) in [7, 11) is 0. The van der Waals surface area contributed by atoms with Gasteiger partial charge in [-0.25, -0.2) is 9.78 Å². The Balaban J connectivity index is 1.91. The van der Waals surface area contributed by atoms with Crippen LogP contribution in [0.25, 0.3) is 0 Å². The standard InChI is InChI=1S/C12H15N5O3/c1-2-8-5-10(18)17(7-15-8)4-3-13-11(19)9-6-14-12(20)16-9/h5-7H,2-4H2,1H3,(H,13,19)(H2,14,16,20). The Morgan fingerprint density at radius 1 is 1.45 bits per heavy atom. The van der Waals surface area contributed by atoms with Crippen LogP contribution >= 0.6 is 0 Å². The molecule has 0 fully saturated rings. The first kappa shape index (κ1) is 13.8. The van der Waals surface area contributed by atoms with Crippen LogP contribution < -0.4 is 16.6 Å². The number of nitrogens with zero attached hydrogens (tertiary/aromatic N) is 2. The van der Waals surface area contributed by atoms with Crippen LogP contribution in [0.15, 0.2) is 28.2 Å². The third-order valence-electron chi connectivity index (χ3n) is 2.78. The number of hydrogen-bond donors (Lipinski definition) is 3. The van der Waals surface area contributed by atoms with Gasteiger partial charge in [0.1, 0.15) is 5.69 Å². The fourth-order valence-corrected chi connectivity index (χ4v) is 1.66. The number of nitrogens with one attached hydrogen (secondary N) is 3. The van der Waals surface area contributed by atoms with Crippen molar-refractivity contribution in [2.45, 2.75) is 19.9 Å². The smallest absolute Gasteiger partial charge is 0.323 e. The van der Waals surface area contributed by atoms with Gasteiger partial charge in [0.05, 0.1) is 6.33 Å². The van der Waals surface area contributed by atoms with Gasteiger partial charge in [-0.05, 0) is 6.42 Å². The van der Waals surface area contributed by atoms with Crippen molar-refractivity contribution in [2.24, 2.45) is 0 Å². The summed E-state index contributed by atoms with van der Waals surface area (Å²) >= 11 is 0. The molecule has 0 aromatic carbocycles. The van der Waals surface area contributed by atoms with Crippen molar-refractivity contribution in [3.05, 3.63) is 50.8 Å². The minimum atomic E-state index is -0.439. The maximum atomic E-state index is 11.7. The molecule has 0 aliphatic heterocycles. The molecule has 0 spiro atoms. The van der Waals surface area contributed by atoms with Crippen molar-refractivity contribution >= 4 is 5.91 Å². The minimum Gasteiger partial charge on any atom is -0.349 e. The molecule has 2 heterocycles. The highest BCUT2D eigenvalue weighted by Gasteiger charge is 2.07. The van der Waals surface area contributed by atoms with Gasteiger partial charge >= 0.3 is 5.69 Å². The third-order valence-corrected chi connectivity index (χ3v) is 2.78. The van der Waals surface area contributed by atoms with E-state index in [1.54, 1.807) is 0 Å². The van der Waals surface area contributed by atoms with Gasteiger partial charge in [0, 0.05) is 31.0 Å². The third kappa shape index (κ3) is 3.22. The molecule has 0 saturated carbocycles. The zero-order chi connectivity index (χ0) is 14.5. The van der Waals surface area contributed by atoms with Crippen LogP contribution in [-0.2, 0) is 13.0 Å². The second kappa shape index (κ2) is 6.00. The van der Waals surface area contributed by atoms with Crippen molar-refractivity contribution < 1.29 is 4.79 Å². The number of aromatic amines is 2. The van der Waals surface area contributed by atoms with Crippen LogP contribution in [-0.4, -0.2) is 32.0 Å². The molecule has 0 aliphatic carbocycles. The van der Waals surface area contributed by atoms with Gasteiger partial charge in [-0.15, -0.1) is 0 Å². The number of imidazole rings is 1. The summed E-state index contributed by atoms with van der Waals surface area (Å²) in [6.45, 7) is 2.50. The molecule has 2 aromatic rings. The van der Waals surface area contributed by atoms with Crippen LogP contribution in [0.4, 0.5) is 0 Å². The molecule has 1 amide bonds. The molecule has 8 heteroatoms. The molecule has 20 heavy (non-hydrogen) atoms. The molecule has 0 bridgehead atoms. The predicted molar refractivity (Wildman–Crippen MR) is 71.6 cm³/mol. The Morgan fingerprint density at radius 2 is 2.25 bits per heavy atom. The summed E-state index contributed by atoms with van der Waals surface area (Å²) in [6.07, 6.45) is 3.46. The second-order valence-corrected chi connectivity index (χ2v) is 4.18. The molecule has 0 radical (unpaired) electrons. The number of rotatable bonds is 5. The number of carbonyl (C=O) groups is 1. The number of aromatic nitrogens is 4. The Hall–Kier alpha value is -2.64. The highest BCUT2D eigenvalue weighted by molar-refractivity contribution is 5.91. The molecule has 0 atom stereocenters. The topological polar surface area (TPSA) is 113 Å². The van der Waals surface area contributed by atoms with E-state index in [1.807, 2.05) is 6.92 Å². The second-order valence-electron chi connectivity index (χ2n) is 4.18. The highest BCUT2D eigenvalue weighted by atomic mass is 16.2. The normalized spacial score (nSPS) is 10.4. The molecule has 8 nitrogen and oxygen atoms in total. The summed E-state index contributed by atoms with van der Waals surface area (Å²) in [5, 5.41) is 2.60. The van der Waals surface area contributed by atoms with Crippen molar-refractivity contribution in [1.29, 1.82) is 0 Å². The lowest BCUT2D eigenvalue weighted by atomic mass is 10.3. The van der Waals surface area contributed by atoms with Crippen LogP contribution in [0.3, 0.4) is 0 Å². The first-order valence-electron chi connectivity index (χ1n) is 6.21. The summed E-state index contributed by atoms with van der Waals surface area (Å²) in [4.78, 5) is 43.0. The molecule has 106 valence electrons. The SMILES string of the molecule is CCc1cc(=O)n(CCNC(=O)c2c[nH]c(=O)[nH]2)cn1. The number of hydrogen-bond acceptors (Lipinski definition) is 4. The van der Waals surface area contributed by atoms with E-state index >= 15 is 0 Å². The number of carbonyl (C=O) groups excluding carboxylic acids is 1. The Kier molecular flexibility index (Phi) is 4.14. The molecule has 2 aromatic heterocycles. The van der Waals surface area contributed by atoms with E-state index < -0.39 is 11.6 Å². The van der Waals surface area contributed by atoms with Gasteiger partial charge < -0.3 is 15.3 Å². The lowest BCUT2D eigenvalue weighted by Gasteiger charge is -2.06. The summed E-state index contributed by atoms with van der Waals surface area (Å²) in [5.41, 5.74) is 0.300. The quantitative estimate of drug-likeness (QED) is 0.667. The maximum Gasteiger partial charge on any atom is 0.323 e. The first-order chi connectivity index (χ1) is 9.60. The van der Waals surface area contributed by atoms with E-state index in [4.69, 9.17) is 0 Å². The summed E-state index contributed by atoms with van der Waals surface area (Å²) < 4.78 is 1.42. The highest BCUT2D eigenvalue weighted by Crippen LogP contribution is 1.90. The average molecular weight is 277 g/mol. The molecular formula is C12H15N5O3. The van der Waals surface area contributed by atoms with Gasteiger partial charge in [0.2, 0.25) is 0 Å². The van der Waals surface area contributed by atoms with Crippen LogP contribution in [0, 0.1) is 0 Å². The van der Waals surface area contributed by atoms with Crippen molar-refractivity contribution in [3.8, 4) is 0 Å². The number of aryl methyl sites for hydroxylation is 1. The lowest BCUT2D eigenvalue weighted by molar-refractivity contribution is 0.0947. The summed E-state index contributed by atoms with van der Waals surface area (Å²) in [5.74, 6) is -0.408. The van der Waals surface area contributed by atoms with Crippen LogP contribution in [0.2, 0.25) is 0 Å². The monoisotopic (exact) mass is 277 g/mol. The largest absolute Gasteiger partial charge is 0.349 e. The van der Waals surface area contributed by atoms with Gasteiger partial charge in [-0.2, -0.15) is 0 Å². The average Bonchev–Trinajstić information content (AvgIpc) is 2.87. The molecule has 0 aliphatic rings. The summed E-state index contributed by atoms with van der Waals surface area (Å²) in [6, 6.07) is 1.48. The molecular weight excluding hydrogens is 262 g/mol. The first-order valence-corrected chi connectivity index (χ1v) is 6.21. The lowest BCUT2D eigenvalue weighted by Crippen LogP contribution is -2.31. The van der Waals surface area contributed by atoms with E-state index in [1.165, 1.54) is 23.2 Å². The van der Waals surface area contributed by atoms with E-state index in [0.29, 0.717) is 13.0 Å².